The molecule has 1 unspecified atom stereocenters. The van der Waals surface area contributed by atoms with Crippen LogP contribution in [0.25, 0.3) is 0 Å². The van der Waals surface area contributed by atoms with Crippen molar-refractivity contribution in [3.63, 3.8) is 0 Å². The number of benzene rings is 1. The Bertz CT molecular complexity index is 353. The van der Waals surface area contributed by atoms with Gasteiger partial charge in [0, 0.05) is 4.47 Å². The van der Waals surface area contributed by atoms with Gasteiger partial charge in [-0.3, -0.25) is 0 Å². The number of halogens is 1. The third-order valence-electron chi connectivity index (χ3n) is 2.94. The monoisotopic (exact) mass is 265 g/mol. The van der Waals surface area contributed by atoms with Crippen molar-refractivity contribution in [1.82, 2.24) is 5.32 Å². The minimum Gasteiger partial charge on any atom is -0.310 e. The average Bonchev–Trinajstić information content (AvgIpc) is 2.75. The highest BCUT2D eigenvalue weighted by molar-refractivity contribution is 9.10. The predicted octanol–water partition coefficient (Wildman–Crippen LogP) is 3.82. The topological polar surface area (TPSA) is 12.0 Å². The molecule has 2 rings (SSSR count). The average molecular weight is 266 g/mol. The van der Waals surface area contributed by atoms with Crippen LogP contribution in [-0.4, -0.2) is 7.05 Å². The molecule has 0 saturated heterocycles. The molecular formula is C13H16BrN. The Morgan fingerprint density at radius 1 is 1.27 bits per heavy atom. The standard InChI is InChI=1S/C13H16BrN/c1-15-13(10-4-2-3-5-10)11-6-8-12(14)9-7-11/h4,6-9,13,15H,2-3,5H2,1H3. The molecule has 1 aromatic carbocycles. The molecule has 0 saturated carbocycles. The second kappa shape index (κ2) is 4.95. The van der Waals surface area contributed by atoms with Gasteiger partial charge in [0.05, 0.1) is 6.04 Å². The number of hydrogen-bond acceptors (Lipinski definition) is 1. The molecule has 15 heavy (non-hydrogen) atoms. The Morgan fingerprint density at radius 3 is 2.53 bits per heavy atom. The summed E-state index contributed by atoms with van der Waals surface area (Å²) in [7, 11) is 2.03. The zero-order valence-corrected chi connectivity index (χ0v) is 10.5. The molecule has 0 spiro atoms. The number of hydrogen-bond donors (Lipinski definition) is 1. The summed E-state index contributed by atoms with van der Waals surface area (Å²) in [5, 5.41) is 3.40. The molecule has 1 N–H and O–H groups in total. The van der Waals surface area contributed by atoms with Crippen molar-refractivity contribution in [2.24, 2.45) is 0 Å². The molecule has 1 atom stereocenters. The summed E-state index contributed by atoms with van der Waals surface area (Å²) in [5.74, 6) is 0. The van der Waals surface area contributed by atoms with Gasteiger partial charge in [0.2, 0.25) is 0 Å². The van der Waals surface area contributed by atoms with E-state index in [1.807, 2.05) is 7.05 Å². The molecule has 0 fully saturated rings. The van der Waals surface area contributed by atoms with Gasteiger partial charge in [-0.2, -0.15) is 0 Å². The molecule has 2 heteroatoms. The van der Waals surface area contributed by atoms with Crippen LogP contribution in [0.15, 0.2) is 40.4 Å². The van der Waals surface area contributed by atoms with Gasteiger partial charge < -0.3 is 5.32 Å². The maximum atomic E-state index is 3.46. The van der Waals surface area contributed by atoms with Gasteiger partial charge in [0.1, 0.15) is 0 Å². The van der Waals surface area contributed by atoms with Crippen LogP contribution in [0.4, 0.5) is 0 Å². The van der Waals surface area contributed by atoms with E-state index in [0.29, 0.717) is 6.04 Å². The predicted molar refractivity (Wildman–Crippen MR) is 67.9 cm³/mol. The first-order chi connectivity index (χ1) is 7.31. The van der Waals surface area contributed by atoms with Crippen molar-refractivity contribution in [3.05, 3.63) is 46.0 Å². The van der Waals surface area contributed by atoms with E-state index in [0.717, 1.165) is 4.47 Å². The minimum atomic E-state index is 0.403. The lowest BCUT2D eigenvalue weighted by Gasteiger charge is -2.18. The zero-order valence-electron chi connectivity index (χ0n) is 8.96. The summed E-state index contributed by atoms with van der Waals surface area (Å²) < 4.78 is 1.14. The summed E-state index contributed by atoms with van der Waals surface area (Å²) in [6, 6.07) is 8.99. The van der Waals surface area contributed by atoms with Gasteiger partial charge in [-0.25, -0.2) is 0 Å². The van der Waals surface area contributed by atoms with E-state index in [-0.39, 0.29) is 0 Å². The summed E-state index contributed by atoms with van der Waals surface area (Å²) in [6.07, 6.45) is 6.17. The Morgan fingerprint density at radius 2 is 2.00 bits per heavy atom. The lowest BCUT2D eigenvalue weighted by Crippen LogP contribution is -2.17. The van der Waals surface area contributed by atoms with Gasteiger partial charge >= 0.3 is 0 Å². The lowest BCUT2D eigenvalue weighted by molar-refractivity contribution is 0.656. The highest BCUT2D eigenvalue weighted by atomic mass is 79.9. The SMILES string of the molecule is CNC(C1=CCCC1)c1ccc(Br)cc1. The third kappa shape index (κ3) is 2.50. The highest BCUT2D eigenvalue weighted by Gasteiger charge is 2.16. The smallest absolute Gasteiger partial charge is 0.0533 e. The van der Waals surface area contributed by atoms with Crippen LogP contribution in [0.1, 0.15) is 30.9 Å². The second-order valence-corrected chi connectivity index (χ2v) is 4.86. The Hall–Kier alpha value is -0.600. The Labute approximate surface area is 99.7 Å². The number of nitrogens with one attached hydrogen (secondary N) is 1. The quantitative estimate of drug-likeness (QED) is 0.820. The van der Waals surface area contributed by atoms with Crippen LogP contribution in [-0.2, 0) is 0 Å². The van der Waals surface area contributed by atoms with Crippen LogP contribution >= 0.6 is 15.9 Å². The van der Waals surface area contributed by atoms with Crippen LogP contribution in [0, 0.1) is 0 Å². The normalized spacial score (nSPS) is 17.6. The largest absolute Gasteiger partial charge is 0.310 e. The highest BCUT2D eigenvalue weighted by Crippen LogP contribution is 2.30. The van der Waals surface area contributed by atoms with Crippen molar-refractivity contribution in [2.45, 2.75) is 25.3 Å². The van der Waals surface area contributed by atoms with E-state index < -0.39 is 0 Å². The fraction of sp³-hybridized carbons (Fsp3) is 0.385. The number of allylic oxidation sites excluding steroid dienone is 1. The Balaban J connectivity index is 2.22. The van der Waals surface area contributed by atoms with Crippen molar-refractivity contribution in [1.29, 1.82) is 0 Å². The van der Waals surface area contributed by atoms with E-state index in [4.69, 9.17) is 0 Å². The molecule has 0 amide bonds. The van der Waals surface area contributed by atoms with E-state index in [9.17, 15) is 0 Å². The van der Waals surface area contributed by atoms with Gasteiger partial charge in [0.15, 0.2) is 0 Å². The number of rotatable bonds is 3. The molecule has 0 bridgehead atoms. The Kier molecular flexibility index (Phi) is 3.60. The van der Waals surface area contributed by atoms with E-state index in [2.05, 4.69) is 51.6 Å². The molecule has 1 aliphatic carbocycles. The van der Waals surface area contributed by atoms with E-state index >= 15 is 0 Å². The third-order valence-corrected chi connectivity index (χ3v) is 3.47. The molecule has 80 valence electrons. The van der Waals surface area contributed by atoms with Crippen molar-refractivity contribution in [2.75, 3.05) is 7.05 Å². The van der Waals surface area contributed by atoms with E-state index in [1.165, 1.54) is 24.8 Å². The molecule has 1 nitrogen and oxygen atoms in total. The summed E-state index contributed by atoms with van der Waals surface area (Å²) >= 11 is 3.46. The number of likely N-dealkylation sites (N-methyl/N-ethyl adjacent to an activating group) is 1. The first-order valence-electron chi connectivity index (χ1n) is 5.43. The van der Waals surface area contributed by atoms with Crippen LogP contribution in [0.5, 0.6) is 0 Å². The molecule has 0 aliphatic heterocycles. The first kappa shape index (κ1) is 10.9. The van der Waals surface area contributed by atoms with Gasteiger partial charge in [-0.15, -0.1) is 0 Å². The fourth-order valence-corrected chi connectivity index (χ4v) is 2.44. The molecule has 0 aromatic heterocycles. The molecule has 1 aromatic rings. The molecular weight excluding hydrogens is 250 g/mol. The van der Waals surface area contributed by atoms with Gasteiger partial charge in [-0.1, -0.05) is 39.7 Å². The van der Waals surface area contributed by atoms with Crippen LogP contribution in [0.2, 0.25) is 0 Å². The van der Waals surface area contributed by atoms with E-state index in [1.54, 1.807) is 5.57 Å². The molecule has 1 aliphatic rings. The zero-order chi connectivity index (χ0) is 10.7. The van der Waals surface area contributed by atoms with Crippen molar-refractivity contribution < 1.29 is 0 Å². The first-order valence-corrected chi connectivity index (χ1v) is 6.22. The van der Waals surface area contributed by atoms with Crippen molar-refractivity contribution in [3.8, 4) is 0 Å². The maximum absolute atomic E-state index is 3.46. The summed E-state index contributed by atoms with van der Waals surface area (Å²) in [5.41, 5.74) is 2.90. The van der Waals surface area contributed by atoms with Gasteiger partial charge in [-0.05, 0) is 44.0 Å². The summed E-state index contributed by atoms with van der Waals surface area (Å²) in [6.45, 7) is 0. The maximum Gasteiger partial charge on any atom is 0.0533 e. The molecule has 0 radical (unpaired) electrons. The minimum absolute atomic E-state index is 0.403. The fourth-order valence-electron chi connectivity index (χ4n) is 2.18. The van der Waals surface area contributed by atoms with Crippen LogP contribution in [0.3, 0.4) is 0 Å². The second-order valence-electron chi connectivity index (χ2n) is 3.94. The lowest BCUT2D eigenvalue weighted by atomic mass is 9.98. The van der Waals surface area contributed by atoms with Crippen LogP contribution < -0.4 is 5.32 Å². The summed E-state index contributed by atoms with van der Waals surface area (Å²) in [4.78, 5) is 0. The molecule has 0 heterocycles. The van der Waals surface area contributed by atoms with Crippen molar-refractivity contribution >= 4 is 15.9 Å². The van der Waals surface area contributed by atoms with Gasteiger partial charge in [0.25, 0.3) is 0 Å².